The number of rotatable bonds is 4. The Morgan fingerprint density at radius 2 is 1.88 bits per heavy atom. The predicted octanol–water partition coefficient (Wildman–Crippen LogP) is 1.88. The quantitative estimate of drug-likeness (QED) is 0.846. The molecule has 2 rings (SSSR count). The lowest BCUT2D eigenvalue weighted by Crippen LogP contribution is -2.15. The number of nitrogens with zero attached hydrogens (tertiary/aromatic N) is 3. The Hall–Kier alpha value is -0.900. The van der Waals surface area contributed by atoms with Gasteiger partial charge in [-0.15, -0.1) is 10.2 Å². The second kappa shape index (κ2) is 5.43. The molecule has 0 bridgehead atoms. The van der Waals surface area contributed by atoms with E-state index in [1.807, 2.05) is 0 Å². The second-order valence-corrected chi connectivity index (χ2v) is 4.69. The molecule has 0 radical (unpaired) electrons. The number of hydrogen-bond donors (Lipinski definition) is 1. The highest BCUT2D eigenvalue weighted by Gasteiger charge is 2.18. The molecule has 1 heterocycles. The Kier molecular flexibility index (Phi) is 3.93. The van der Waals surface area contributed by atoms with E-state index in [2.05, 4.69) is 21.7 Å². The minimum atomic E-state index is 0.492. The summed E-state index contributed by atoms with van der Waals surface area (Å²) in [5, 5.41) is 8.44. The van der Waals surface area contributed by atoms with Crippen molar-refractivity contribution in [2.24, 2.45) is 11.7 Å². The molecule has 0 amide bonds. The zero-order valence-corrected chi connectivity index (χ0v) is 10.2. The van der Waals surface area contributed by atoms with Crippen LogP contribution in [0.4, 0.5) is 0 Å². The molecular weight excluding hydrogens is 200 g/mol. The smallest absolute Gasteiger partial charge is 0.146 e. The summed E-state index contributed by atoms with van der Waals surface area (Å²) in [6, 6.07) is 0. The van der Waals surface area contributed by atoms with Crippen molar-refractivity contribution in [3.8, 4) is 0 Å². The van der Waals surface area contributed by atoms with Crippen LogP contribution in [0.1, 0.15) is 50.7 Å². The standard InChI is InChI=1S/C12H22N4/c1-2-16-11(14-15-12(16)9-13)8-10-6-4-3-5-7-10/h10H,2-9,13H2,1H3. The largest absolute Gasteiger partial charge is 0.324 e. The van der Waals surface area contributed by atoms with Gasteiger partial charge >= 0.3 is 0 Å². The highest BCUT2D eigenvalue weighted by atomic mass is 15.3. The van der Waals surface area contributed by atoms with E-state index in [0.717, 1.165) is 30.5 Å². The molecule has 0 atom stereocenters. The van der Waals surface area contributed by atoms with E-state index in [4.69, 9.17) is 5.73 Å². The average molecular weight is 222 g/mol. The summed E-state index contributed by atoms with van der Waals surface area (Å²) in [6.07, 6.45) is 7.97. The highest BCUT2D eigenvalue weighted by Crippen LogP contribution is 2.26. The molecule has 1 aliphatic rings. The number of nitrogens with two attached hydrogens (primary N) is 1. The molecular formula is C12H22N4. The van der Waals surface area contributed by atoms with Crippen LogP contribution >= 0.6 is 0 Å². The fraction of sp³-hybridized carbons (Fsp3) is 0.833. The Labute approximate surface area is 97.2 Å². The Morgan fingerprint density at radius 1 is 1.19 bits per heavy atom. The topological polar surface area (TPSA) is 56.7 Å². The van der Waals surface area contributed by atoms with Gasteiger partial charge in [-0.2, -0.15) is 0 Å². The van der Waals surface area contributed by atoms with Crippen LogP contribution in [-0.4, -0.2) is 14.8 Å². The van der Waals surface area contributed by atoms with Crippen molar-refractivity contribution < 1.29 is 0 Å². The van der Waals surface area contributed by atoms with E-state index in [9.17, 15) is 0 Å². The third kappa shape index (κ3) is 2.43. The Bertz CT molecular complexity index is 326. The van der Waals surface area contributed by atoms with Crippen molar-refractivity contribution in [1.82, 2.24) is 14.8 Å². The third-order valence-electron chi connectivity index (χ3n) is 3.60. The molecule has 16 heavy (non-hydrogen) atoms. The van der Waals surface area contributed by atoms with Gasteiger partial charge in [0.2, 0.25) is 0 Å². The zero-order chi connectivity index (χ0) is 11.4. The summed E-state index contributed by atoms with van der Waals surface area (Å²) >= 11 is 0. The molecule has 0 saturated heterocycles. The van der Waals surface area contributed by atoms with E-state index in [-0.39, 0.29) is 0 Å². The van der Waals surface area contributed by atoms with Crippen LogP contribution < -0.4 is 5.73 Å². The van der Waals surface area contributed by atoms with Crippen LogP contribution in [0, 0.1) is 5.92 Å². The van der Waals surface area contributed by atoms with Crippen LogP contribution in [0.2, 0.25) is 0 Å². The van der Waals surface area contributed by atoms with Gasteiger partial charge in [0, 0.05) is 13.0 Å². The number of aromatic nitrogens is 3. The van der Waals surface area contributed by atoms with Crippen molar-refractivity contribution in [2.75, 3.05) is 0 Å². The van der Waals surface area contributed by atoms with E-state index in [1.54, 1.807) is 0 Å². The van der Waals surface area contributed by atoms with Gasteiger partial charge < -0.3 is 10.3 Å². The third-order valence-corrected chi connectivity index (χ3v) is 3.60. The normalized spacial score (nSPS) is 17.9. The van der Waals surface area contributed by atoms with Crippen molar-refractivity contribution >= 4 is 0 Å². The van der Waals surface area contributed by atoms with E-state index < -0.39 is 0 Å². The van der Waals surface area contributed by atoms with Crippen molar-refractivity contribution in [3.05, 3.63) is 11.6 Å². The summed E-state index contributed by atoms with van der Waals surface area (Å²) in [4.78, 5) is 0. The average Bonchev–Trinajstić information content (AvgIpc) is 2.72. The Balaban J connectivity index is 2.05. The van der Waals surface area contributed by atoms with Crippen molar-refractivity contribution in [2.45, 2.75) is 58.5 Å². The molecule has 0 unspecified atom stereocenters. The van der Waals surface area contributed by atoms with Gasteiger partial charge in [0.15, 0.2) is 0 Å². The first-order valence-electron chi connectivity index (χ1n) is 6.46. The van der Waals surface area contributed by atoms with Crippen LogP contribution in [0.25, 0.3) is 0 Å². The maximum Gasteiger partial charge on any atom is 0.146 e. The fourth-order valence-corrected chi connectivity index (χ4v) is 2.69. The summed E-state index contributed by atoms with van der Waals surface area (Å²) in [5.74, 6) is 2.87. The molecule has 1 saturated carbocycles. The summed E-state index contributed by atoms with van der Waals surface area (Å²) in [7, 11) is 0. The Morgan fingerprint density at radius 3 is 2.50 bits per heavy atom. The molecule has 0 aromatic carbocycles. The monoisotopic (exact) mass is 222 g/mol. The van der Waals surface area contributed by atoms with Crippen LogP contribution in [-0.2, 0) is 19.5 Å². The second-order valence-electron chi connectivity index (χ2n) is 4.69. The maximum atomic E-state index is 5.65. The molecule has 1 aliphatic carbocycles. The molecule has 0 aliphatic heterocycles. The van der Waals surface area contributed by atoms with E-state index in [1.165, 1.54) is 32.1 Å². The molecule has 1 aromatic heterocycles. The molecule has 0 spiro atoms. The van der Waals surface area contributed by atoms with Gasteiger partial charge in [-0.3, -0.25) is 0 Å². The van der Waals surface area contributed by atoms with E-state index in [0.29, 0.717) is 6.54 Å². The lowest BCUT2D eigenvalue weighted by Gasteiger charge is -2.21. The zero-order valence-electron chi connectivity index (χ0n) is 10.2. The minimum Gasteiger partial charge on any atom is -0.324 e. The minimum absolute atomic E-state index is 0.492. The van der Waals surface area contributed by atoms with Gasteiger partial charge in [-0.05, 0) is 12.8 Å². The molecule has 2 N–H and O–H groups in total. The SMILES string of the molecule is CCn1c(CN)nnc1CC1CCCCC1. The van der Waals surface area contributed by atoms with Crippen molar-refractivity contribution in [3.63, 3.8) is 0 Å². The van der Waals surface area contributed by atoms with Crippen LogP contribution in [0.15, 0.2) is 0 Å². The van der Waals surface area contributed by atoms with Crippen molar-refractivity contribution in [1.29, 1.82) is 0 Å². The van der Waals surface area contributed by atoms with Crippen LogP contribution in [0.5, 0.6) is 0 Å². The lowest BCUT2D eigenvalue weighted by molar-refractivity contribution is 0.347. The number of hydrogen-bond acceptors (Lipinski definition) is 3. The van der Waals surface area contributed by atoms with Gasteiger partial charge in [-0.1, -0.05) is 32.1 Å². The first-order valence-corrected chi connectivity index (χ1v) is 6.46. The highest BCUT2D eigenvalue weighted by molar-refractivity contribution is 4.97. The lowest BCUT2D eigenvalue weighted by atomic mass is 9.87. The summed E-state index contributed by atoms with van der Waals surface area (Å²) in [6.45, 7) is 3.56. The van der Waals surface area contributed by atoms with E-state index >= 15 is 0 Å². The maximum absolute atomic E-state index is 5.65. The molecule has 4 heteroatoms. The van der Waals surface area contributed by atoms with Gasteiger partial charge in [0.1, 0.15) is 11.6 Å². The first kappa shape index (κ1) is 11.6. The summed E-state index contributed by atoms with van der Waals surface area (Å²) in [5.41, 5.74) is 5.65. The first-order chi connectivity index (χ1) is 7.85. The molecule has 90 valence electrons. The van der Waals surface area contributed by atoms with Gasteiger partial charge in [-0.25, -0.2) is 0 Å². The predicted molar refractivity (Wildman–Crippen MR) is 63.9 cm³/mol. The van der Waals surface area contributed by atoms with Gasteiger partial charge in [0.25, 0.3) is 0 Å². The molecule has 1 fully saturated rings. The fourth-order valence-electron chi connectivity index (χ4n) is 2.69. The van der Waals surface area contributed by atoms with Crippen LogP contribution in [0.3, 0.4) is 0 Å². The molecule has 4 nitrogen and oxygen atoms in total. The summed E-state index contributed by atoms with van der Waals surface area (Å²) < 4.78 is 2.18. The van der Waals surface area contributed by atoms with Gasteiger partial charge in [0.05, 0.1) is 6.54 Å². The molecule has 1 aromatic rings.